The molecule has 0 bridgehead atoms. The van der Waals surface area contributed by atoms with Crippen LogP contribution in [0.15, 0.2) is 133 Å². The summed E-state index contributed by atoms with van der Waals surface area (Å²) >= 11 is 0. The number of aromatic hydroxyl groups is 8. The van der Waals surface area contributed by atoms with Gasteiger partial charge in [0.2, 0.25) is 0 Å². The molecule has 0 unspecified atom stereocenters. The van der Waals surface area contributed by atoms with Gasteiger partial charge in [-0.1, -0.05) is 238 Å². The van der Waals surface area contributed by atoms with Gasteiger partial charge in [-0.15, -0.1) is 0 Å². The van der Waals surface area contributed by atoms with Gasteiger partial charge in [-0.3, -0.25) is 0 Å². The van der Waals surface area contributed by atoms with Crippen LogP contribution in [0.4, 0.5) is 0 Å². The number of phenolic OH excluding ortho intramolecular Hbond substituents is 8. The molecular formula is C86H104O8. The predicted octanol–water partition coefficient (Wildman–Crippen LogP) is 21.4. The molecule has 8 heteroatoms. The lowest BCUT2D eigenvalue weighted by Crippen LogP contribution is -2.31. The first-order valence-corrected chi connectivity index (χ1v) is 35.1. The second-order valence-electron chi connectivity index (χ2n) is 32.6. The smallest absolute Gasteiger partial charge is 0.122 e. The van der Waals surface area contributed by atoms with Crippen LogP contribution in [0.5, 0.6) is 46.0 Å². The topological polar surface area (TPSA) is 162 Å². The number of hydrogen-bond donors (Lipinski definition) is 8. The van der Waals surface area contributed by atoms with Crippen molar-refractivity contribution >= 4 is 0 Å². The number of hydrogen-bond acceptors (Lipinski definition) is 8. The van der Waals surface area contributed by atoms with E-state index in [0.29, 0.717) is 35.5 Å². The normalized spacial score (nSPS) is 16.3. The van der Waals surface area contributed by atoms with Gasteiger partial charge in [0.05, 0.1) is 0 Å². The Bertz CT molecular complexity index is 3680. The molecule has 0 aliphatic heterocycles. The summed E-state index contributed by atoms with van der Waals surface area (Å²) in [7, 11) is 0. The molecule has 8 aromatic carbocycles. The molecule has 0 amide bonds. The van der Waals surface area contributed by atoms with Crippen molar-refractivity contribution in [1.82, 2.24) is 0 Å². The summed E-state index contributed by atoms with van der Waals surface area (Å²) in [6.45, 7) is 25.0. The first-order valence-electron chi connectivity index (χ1n) is 35.1. The molecule has 3 saturated carbocycles. The van der Waals surface area contributed by atoms with Crippen molar-refractivity contribution in [2.45, 2.75) is 243 Å². The van der Waals surface area contributed by atoms with Gasteiger partial charge in [0.1, 0.15) is 46.0 Å². The van der Waals surface area contributed by atoms with E-state index in [-0.39, 0.29) is 68.0 Å². The lowest BCUT2D eigenvalue weighted by molar-refractivity contribution is 0.341. The summed E-state index contributed by atoms with van der Waals surface area (Å²) in [6.07, 6.45) is 16.6. The molecule has 11 rings (SSSR count). The van der Waals surface area contributed by atoms with E-state index in [9.17, 15) is 40.9 Å². The van der Waals surface area contributed by atoms with E-state index in [1.807, 2.05) is 36.4 Å². The van der Waals surface area contributed by atoms with Crippen molar-refractivity contribution in [1.29, 1.82) is 0 Å². The van der Waals surface area contributed by atoms with Crippen molar-refractivity contribution in [3.63, 3.8) is 0 Å². The number of benzene rings is 8. The second kappa shape index (κ2) is 26.4. The molecule has 3 aliphatic rings. The van der Waals surface area contributed by atoms with E-state index in [0.717, 1.165) is 161 Å². The summed E-state index contributed by atoms with van der Waals surface area (Å²) in [5.41, 5.74) is 14.1. The molecule has 8 aromatic rings. The standard InChI is InChI=1S/C86H104O8/c1-82(2,3)68-46-56(28-34-74(68)89)78(57-29-35-75(90)69(47-57)83(4,5)6)66-42-52(26-32-72(66)87)40-60-44-62(50-64(80(60)93)54-22-16-13-17-23-54)86(38-20-15-21-39-86)63-45-61(81(94)65(51-63)55-24-18-14-19-25-55)41-53-27-33-73(88)67(43-53)79(58-30-36-76(91)70(48-58)84(7,8)9)59-31-37-77(92)71(49-59)85(10,11)12/h26-37,42-51,54-55,78-79,87-94H,13-25,38-41H2,1-12H3. The zero-order chi connectivity index (χ0) is 67.4. The van der Waals surface area contributed by atoms with E-state index in [1.165, 1.54) is 24.0 Å². The van der Waals surface area contributed by atoms with E-state index in [1.54, 1.807) is 36.4 Å². The summed E-state index contributed by atoms with van der Waals surface area (Å²) in [4.78, 5) is 0. The minimum absolute atomic E-state index is 0.130. The lowest BCUT2D eigenvalue weighted by Gasteiger charge is -2.41. The van der Waals surface area contributed by atoms with E-state index in [4.69, 9.17) is 0 Å². The van der Waals surface area contributed by atoms with Gasteiger partial charge in [0, 0.05) is 41.2 Å². The van der Waals surface area contributed by atoms with Crippen LogP contribution < -0.4 is 0 Å². The van der Waals surface area contributed by atoms with Crippen molar-refractivity contribution in [2.75, 3.05) is 0 Å². The molecule has 0 radical (unpaired) electrons. The number of rotatable bonds is 14. The molecule has 0 heterocycles. The average molecular weight is 1270 g/mol. The highest BCUT2D eigenvalue weighted by Gasteiger charge is 2.40. The molecule has 0 aromatic heterocycles. The van der Waals surface area contributed by atoms with Crippen molar-refractivity contribution in [3.8, 4) is 46.0 Å². The first kappa shape index (κ1) is 67.6. The molecule has 0 atom stereocenters. The minimum Gasteiger partial charge on any atom is -0.508 e. The summed E-state index contributed by atoms with van der Waals surface area (Å²) in [6, 6.07) is 44.1. The summed E-state index contributed by atoms with van der Waals surface area (Å²) in [5.74, 6) is 1.20. The number of phenols is 8. The van der Waals surface area contributed by atoms with Crippen LogP contribution in [0.25, 0.3) is 0 Å². The average Bonchev–Trinajstić information content (AvgIpc) is 0.749. The maximum atomic E-state index is 13.0. The van der Waals surface area contributed by atoms with Gasteiger partial charge in [0.25, 0.3) is 0 Å². The maximum Gasteiger partial charge on any atom is 0.122 e. The van der Waals surface area contributed by atoms with Crippen LogP contribution in [-0.2, 0) is 39.9 Å². The zero-order valence-corrected chi connectivity index (χ0v) is 58.1. The third kappa shape index (κ3) is 14.0. The van der Waals surface area contributed by atoms with Crippen LogP contribution in [0.1, 0.15) is 303 Å². The van der Waals surface area contributed by atoms with Crippen LogP contribution >= 0.6 is 0 Å². The Morgan fingerprint density at radius 2 is 0.617 bits per heavy atom. The van der Waals surface area contributed by atoms with Crippen LogP contribution in [-0.4, -0.2) is 40.9 Å². The molecule has 0 saturated heterocycles. The monoisotopic (exact) mass is 1260 g/mol. The van der Waals surface area contributed by atoms with Gasteiger partial charge in [0.15, 0.2) is 0 Å². The third-order valence-corrected chi connectivity index (χ3v) is 21.6. The summed E-state index contributed by atoms with van der Waals surface area (Å²) < 4.78 is 0. The summed E-state index contributed by atoms with van der Waals surface area (Å²) in [5, 5.41) is 95.4. The van der Waals surface area contributed by atoms with E-state index in [2.05, 4.69) is 144 Å². The van der Waals surface area contributed by atoms with Crippen LogP contribution in [0.3, 0.4) is 0 Å². The van der Waals surface area contributed by atoms with Gasteiger partial charge < -0.3 is 40.9 Å². The van der Waals surface area contributed by atoms with Gasteiger partial charge in [-0.2, -0.15) is 0 Å². The first-order chi connectivity index (χ1) is 44.4. The van der Waals surface area contributed by atoms with Gasteiger partial charge >= 0.3 is 0 Å². The van der Waals surface area contributed by atoms with Crippen molar-refractivity contribution in [3.05, 3.63) is 234 Å². The highest BCUT2D eigenvalue weighted by Crippen LogP contribution is 2.53. The fraction of sp³-hybridized carbons (Fsp3) is 0.442. The highest BCUT2D eigenvalue weighted by molar-refractivity contribution is 5.61. The maximum absolute atomic E-state index is 13.0. The molecule has 8 N–H and O–H groups in total. The fourth-order valence-corrected chi connectivity index (χ4v) is 16.4. The Morgan fingerprint density at radius 3 is 0.915 bits per heavy atom. The molecule has 8 nitrogen and oxygen atoms in total. The Labute approximate surface area is 560 Å². The largest absolute Gasteiger partial charge is 0.508 e. The Balaban J connectivity index is 1.06. The van der Waals surface area contributed by atoms with E-state index >= 15 is 0 Å². The molecule has 496 valence electrons. The van der Waals surface area contributed by atoms with Gasteiger partial charge in [-0.05, 0) is 197 Å². The van der Waals surface area contributed by atoms with E-state index < -0.39 is 17.3 Å². The zero-order valence-electron chi connectivity index (χ0n) is 58.1. The molecule has 3 aliphatic carbocycles. The van der Waals surface area contributed by atoms with Gasteiger partial charge in [-0.25, -0.2) is 0 Å². The lowest BCUT2D eigenvalue weighted by atomic mass is 9.63. The fourth-order valence-electron chi connectivity index (χ4n) is 16.4. The molecule has 94 heavy (non-hydrogen) atoms. The van der Waals surface area contributed by atoms with Crippen molar-refractivity contribution < 1.29 is 40.9 Å². The highest BCUT2D eigenvalue weighted by atomic mass is 16.3. The third-order valence-electron chi connectivity index (χ3n) is 21.6. The van der Waals surface area contributed by atoms with Crippen LogP contribution in [0.2, 0.25) is 0 Å². The van der Waals surface area contributed by atoms with Crippen LogP contribution in [0, 0.1) is 0 Å². The second-order valence-corrected chi connectivity index (χ2v) is 32.6. The predicted molar refractivity (Wildman–Crippen MR) is 383 cm³/mol. The molecule has 3 fully saturated rings. The molecular weight excluding hydrogens is 1160 g/mol. The minimum atomic E-state index is -0.481. The quantitative estimate of drug-likeness (QED) is 0.0499. The Kier molecular flexibility index (Phi) is 19.0. The van der Waals surface area contributed by atoms with Crippen molar-refractivity contribution in [2.24, 2.45) is 0 Å². The Hall–Kier alpha value is -7.84. The Morgan fingerprint density at radius 1 is 0.330 bits per heavy atom. The SMILES string of the molecule is CC(C)(C)c1cc(C(c2ccc(O)c(C(C)(C)C)c2)c2cc(Cc3cc(C4(c5cc(Cc6ccc(O)c(C(c7ccc(O)c(C(C)(C)C)c7)c7ccc(O)c(C(C)(C)C)c7)c6)c(O)c(C6CCCCC6)c5)CCCCC4)cc(C4CCCCC4)c3O)ccc2O)ccc1O. The molecule has 0 spiro atoms.